The summed E-state index contributed by atoms with van der Waals surface area (Å²) in [7, 11) is 1.54. The highest BCUT2D eigenvalue weighted by molar-refractivity contribution is 5.85. The van der Waals surface area contributed by atoms with Gasteiger partial charge in [0.05, 0.1) is 13.3 Å². The van der Waals surface area contributed by atoms with Crippen molar-refractivity contribution >= 4 is 12.3 Å². The third kappa shape index (κ3) is 4.90. The molecule has 0 radical (unpaired) electrons. The van der Waals surface area contributed by atoms with Crippen LogP contribution >= 0.6 is 0 Å². The average Bonchev–Trinajstić information content (AvgIpc) is 2.45. The van der Waals surface area contributed by atoms with Gasteiger partial charge in [-0.15, -0.1) is 6.42 Å². The summed E-state index contributed by atoms with van der Waals surface area (Å²) >= 11 is 0. The van der Waals surface area contributed by atoms with Crippen molar-refractivity contribution < 1.29 is 19.1 Å². The second kappa shape index (κ2) is 8.43. The number of nitrogens with zero attached hydrogens (tertiary/aromatic N) is 1. The number of terminal acetylenes is 1. The van der Waals surface area contributed by atoms with E-state index >= 15 is 0 Å². The molecule has 0 heterocycles. The lowest BCUT2D eigenvalue weighted by Crippen LogP contribution is -2.26. The van der Waals surface area contributed by atoms with Gasteiger partial charge in [0.25, 0.3) is 0 Å². The standard InChI is InChI=1S/C14H16N2O4/c1-4-8-19-16-10-11-9-12(18-3)6-7-13(11)20-14(17)15-5-2/h1,6-7,9-10H,5,8H2,2-3H3,(H,15,17)/b16-10+. The zero-order valence-corrected chi connectivity index (χ0v) is 11.4. The SMILES string of the molecule is C#CCO/N=C/c1cc(OC)ccc1OC(=O)NCC. The predicted octanol–water partition coefficient (Wildman–Crippen LogP) is 1.79. The zero-order valence-electron chi connectivity index (χ0n) is 11.4. The smallest absolute Gasteiger partial charge is 0.412 e. The van der Waals surface area contributed by atoms with Gasteiger partial charge in [0.2, 0.25) is 0 Å². The Kier molecular flexibility index (Phi) is 6.48. The maximum absolute atomic E-state index is 11.4. The van der Waals surface area contributed by atoms with E-state index < -0.39 is 6.09 Å². The summed E-state index contributed by atoms with van der Waals surface area (Å²) in [5, 5.41) is 6.22. The van der Waals surface area contributed by atoms with Crippen molar-refractivity contribution in [1.29, 1.82) is 0 Å². The van der Waals surface area contributed by atoms with Gasteiger partial charge >= 0.3 is 6.09 Å². The lowest BCUT2D eigenvalue weighted by Gasteiger charge is -2.09. The lowest BCUT2D eigenvalue weighted by molar-refractivity contribution is 0.181. The van der Waals surface area contributed by atoms with Crippen LogP contribution in [0.2, 0.25) is 0 Å². The fraction of sp³-hybridized carbons (Fsp3) is 0.286. The monoisotopic (exact) mass is 276 g/mol. The summed E-state index contributed by atoms with van der Waals surface area (Å²) in [5.74, 6) is 3.23. The summed E-state index contributed by atoms with van der Waals surface area (Å²) < 4.78 is 10.2. The summed E-state index contributed by atoms with van der Waals surface area (Å²) in [6.45, 7) is 2.34. The summed E-state index contributed by atoms with van der Waals surface area (Å²) in [4.78, 5) is 16.2. The van der Waals surface area contributed by atoms with Crippen molar-refractivity contribution in [2.75, 3.05) is 20.3 Å². The fourth-order valence-corrected chi connectivity index (χ4v) is 1.30. The Bertz CT molecular complexity index is 520. The van der Waals surface area contributed by atoms with Crippen LogP contribution in [-0.2, 0) is 4.84 Å². The Balaban J connectivity index is 2.89. The molecule has 106 valence electrons. The average molecular weight is 276 g/mol. The second-order valence-electron chi connectivity index (χ2n) is 3.54. The molecule has 0 unspecified atom stereocenters. The van der Waals surface area contributed by atoms with Crippen molar-refractivity contribution in [3.63, 3.8) is 0 Å². The van der Waals surface area contributed by atoms with Crippen molar-refractivity contribution in [2.45, 2.75) is 6.92 Å². The molecule has 0 atom stereocenters. The molecule has 6 nitrogen and oxygen atoms in total. The van der Waals surface area contributed by atoms with Gasteiger partial charge in [-0.2, -0.15) is 0 Å². The van der Waals surface area contributed by atoms with Gasteiger partial charge in [0, 0.05) is 12.1 Å². The van der Waals surface area contributed by atoms with Crippen LogP contribution in [0.25, 0.3) is 0 Å². The number of benzene rings is 1. The summed E-state index contributed by atoms with van der Waals surface area (Å²) in [6.07, 6.45) is 5.89. The van der Waals surface area contributed by atoms with E-state index in [-0.39, 0.29) is 6.61 Å². The van der Waals surface area contributed by atoms with E-state index in [9.17, 15) is 4.79 Å². The molecule has 1 aromatic carbocycles. The van der Waals surface area contributed by atoms with Gasteiger partial charge < -0.3 is 19.6 Å². The highest BCUT2D eigenvalue weighted by Gasteiger charge is 2.08. The number of nitrogens with one attached hydrogen (secondary N) is 1. The molecule has 0 bridgehead atoms. The molecule has 0 aliphatic heterocycles. The highest BCUT2D eigenvalue weighted by atomic mass is 16.6. The van der Waals surface area contributed by atoms with E-state index in [1.807, 2.05) is 0 Å². The number of hydrogen-bond donors (Lipinski definition) is 1. The first kappa shape index (κ1) is 15.4. The lowest BCUT2D eigenvalue weighted by atomic mass is 10.2. The van der Waals surface area contributed by atoms with Crippen LogP contribution in [0.1, 0.15) is 12.5 Å². The van der Waals surface area contributed by atoms with E-state index in [1.165, 1.54) is 13.3 Å². The number of hydrogen-bond acceptors (Lipinski definition) is 5. The maximum Gasteiger partial charge on any atom is 0.412 e. The molecule has 0 aromatic heterocycles. The van der Waals surface area contributed by atoms with Crippen LogP contribution in [0, 0.1) is 12.3 Å². The minimum absolute atomic E-state index is 0.0625. The molecule has 0 spiro atoms. The molecule has 1 N–H and O–H groups in total. The molecule has 1 rings (SSSR count). The van der Waals surface area contributed by atoms with Crippen molar-refractivity contribution in [3.05, 3.63) is 23.8 Å². The number of carbonyl (C=O) groups excluding carboxylic acids is 1. The summed E-state index contributed by atoms with van der Waals surface area (Å²) in [6, 6.07) is 4.95. The van der Waals surface area contributed by atoms with Gasteiger partial charge in [-0.1, -0.05) is 11.1 Å². The van der Waals surface area contributed by atoms with E-state index in [2.05, 4.69) is 16.4 Å². The first-order valence-electron chi connectivity index (χ1n) is 5.93. The topological polar surface area (TPSA) is 69.1 Å². The Morgan fingerprint density at radius 1 is 1.55 bits per heavy atom. The first-order valence-corrected chi connectivity index (χ1v) is 5.93. The van der Waals surface area contributed by atoms with E-state index in [1.54, 1.807) is 25.1 Å². The Morgan fingerprint density at radius 3 is 3.00 bits per heavy atom. The molecule has 0 fully saturated rings. The number of carbonyl (C=O) groups is 1. The molecule has 0 aliphatic carbocycles. The molecule has 0 saturated carbocycles. The maximum atomic E-state index is 11.4. The van der Waals surface area contributed by atoms with Crippen LogP contribution in [0.3, 0.4) is 0 Å². The van der Waals surface area contributed by atoms with Gasteiger partial charge in [-0.25, -0.2) is 4.79 Å². The van der Waals surface area contributed by atoms with E-state index in [4.69, 9.17) is 20.7 Å². The third-order valence-corrected chi connectivity index (χ3v) is 2.15. The fourth-order valence-electron chi connectivity index (χ4n) is 1.30. The third-order valence-electron chi connectivity index (χ3n) is 2.15. The summed E-state index contributed by atoms with van der Waals surface area (Å²) in [5.41, 5.74) is 0.535. The minimum Gasteiger partial charge on any atom is -0.497 e. The van der Waals surface area contributed by atoms with Crippen LogP contribution < -0.4 is 14.8 Å². The number of oxime groups is 1. The number of amides is 1. The molecule has 20 heavy (non-hydrogen) atoms. The first-order chi connectivity index (χ1) is 9.71. The van der Waals surface area contributed by atoms with E-state index in [0.29, 0.717) is 23.6 Å². The molecule has 0 aliphatic rings. The van der Waals surface area contributed by atoms with Gasteiger partial charge in [0.15, 0.2) is 6.61 Å². The van der Waals surface area contributed by atoms with Gasteiger partial charge in [-0.3, -0.25) is 0 Å². The molecular weight excluding hydrogens is 260 g/mol. The largest absolute Gasteiger partial charge is 0.497 e. The van der Waals surface area contributed by atoms with Crippen molar-refractivity contribution in [3.8, 4) is 23.8 Å². The van der Waals surface area contributed by atoms with Crippen molar-refractivity contribution in [1.82, 2.24) is 5.32 Å². The normalized spacial score (nSPS) is 9.85. The van der Waals surface area contributed by atoms with E-state index in [0.717, 1.165) is 0 Å². The second-order valence-corrected chi connectivity index (χ2v) is 3.54. The minimum atomic E-state index is -0.545. The van der Waals surface area contributed by atoms with Gasteiger partial charge in [-0.05, 0) is 25.1 Å². The molecule has 0 saturated heterocycles. The predicted molar refractivity (Wildman–Crippen MR) is 75.1 cm³/mol. The van der Waals surface area contributed by atoms with Crippen LogP contribution in [0.5, 0.6) is 11.5 Å². The van der Waals surface area contributed by atoms with Crippen molar-refractivity contribution in [2.24, 2.45) is 5.16 Å². The highest BCUT2D eigenvalue weighted by Crippen LogP contribution is 2.23. The molecule has 6 heteroatoms. The van der Waals surface area contributed by atoms with Crippen LogP contribution in [-0.4, -0.2) is 32.6 Å². The Hall–Kier alpha value is -2.68. The molecular formula is C14H16N2O4. The Morgan fingerprint density at radius 2 is 2.35 bits per heavy atom. The van der Waals surface area contributed by atoms with Crippen LogP contribution in [0.15, 0.2) is 23.4 Å². The molecule has 1 aromatic rings. The zero-order chi connectivity index (χ0) is 14.8. The van der Waals surface area contributed by atoms with Crippen LogP contribution in [0.4, 0.5) is 4.79 Å². The number of ether oxygens (including phenoxy) is 2. The number of methoxy groups -OCH3 is 1. The molecule has 1 amide bonds. The van der Waals surface area contributed by atoms with Gasteiger partial charge in [0.1, 0.15) is 11.5 Å². The Labute approximate surface area is 117 Å². The number of rotatable bonds is 6. The quantitative estimate of drug-likeness (QED) is 0.372.